The summed E-state index contributed by atoms with van der Waals surface area (Å²) in [5, 5.41) is 10.8. The standard InChI is InChI=1S/C21H23N3O5/c22-19-13-17(24(27)28)11-12-18(19)21(26)29-14-20(25)23(15-7-3-1-4-8-15)16-9-5-2-6-10-16/h1,3-4,7-8,11-13,16H,2,5-6,9-10,14,22H2. The Kier molecular flexibility index (Phi) is 6.43. The molecular formula is C21H23N3O5. The average molecular weight is 397 g/mol. The van der Waals surface area contributed by atoms with E-state index in [1.807, 2.05) is 30.3 Å². The maximum absolute atomic E-state index is 12.9. The van der Waals surface area contributed by atoms with Crippen molar-refractivity contribution in [2.75, 3.05) is 17.2 Å². The van der Waals surface area contributed by atoms with E-state index in [2.05, 4.69) is 0 Å². The Bertz CT molecular complexity index is 894. The van der Waals surface area contributed by atoms with Crippen LogP contribution < -0.4 is 10.6 Å². The summed E-state index contributed by atoms with van der Waals surface area (Å²) in [4.78, 5) is 37.2. The fourth-order valence-corrected chi connectivity index (χ4v) is 3.61. The van der Waals surface area contributed by atoms with E-state index in [0.717, 1.165) is 43.9 Å². The molecule has 3 rings (SSSR count). The maximum atomic E-state index is 12.9. The molecule has 0 heterocycles. The number of nitrogen functional groups attached to an aromatic ring is 1. The van der Waals surface area contributed by atoms with Crippen molar-refractivity contribution in [1.29, 1.82) is 0 Å². The summed E-state index contributed by atoms with van der Waals surface area (Å²) in [6.45, 7) is -0.430. The van der Waals surface area contributed by atoms with E-state index < -0.39 is 17.5 Å². The molecule has 0 aromatic heterocycles. The first kappa shape index (κ1) is 20.3. The Balaban J connectivity index is 1.71. The highest BCUT2D eigenvalue weighted by atomic mass is 16.6. The van der Waals surface area contributed by atoms with Crippen molar-refractivity contribution >= 4 is 28.9 Å². The van der Waals surface area contributed by atoms with Crippen LogP contribution in [0.3, 0.4) is 0 Å². The van der Waals surface area contributed by atoms with Crippen molar-refractivity contribution in [2.45, 2.75) is 38.1 Å². The summed E-state index contributed by atoms with van der Waals surface area (Å²) >= 11 is 0. The first-order valence-electron chi connectivity index (χ1n) is 9.55. The number of carbonyl (C=O) groups excluding carboxylic acids is 2. The molecule has 0 bridgehead atoms. The summed E-state index contributed by atoms with van der Waals surface area (Å²) in [5.74, 6) is -1.10. The smallest absolute Gasteiger partial charge is 0.340 e. The zero-order valence-corrected chi connectivity index (χ0v) is 16.0. The van der Waals surface area contributed by atoms with Gasteiger partial charge in [-0.2, -0.15) is 0 Å². The van der Waals surface area contributed by atoms with Crippen LogP contribution in [0.15, 0.2) is 48.5 Å². The minimum atomic E-state index is -0.789. The van der Waals surface area contributed by atoms with Crippen LogP contribution in [0.25, 0.3) is 0 Å². The number of benzene rings is 2. The third kappa shape index (κ3) is 4.90. The molecular weight excluding hydrogens is 374 g/mol. The molecule has 0 aliphatic heterocycles. The molecule has 8 heteroatoms. The van der Waals surface area contributed by atoms with Crippen LogP contribution >= 0.6 is 0 Å². The van der Waals surface area contributed by atoms with Crippen molar-refractivity contribution in [1.82, 2.24) is 0 Å². The monoisotopic (exact) mass is 397 g/mol. The van der Waals surface area contributed by atoms with Gasteiger partial charge >= 0.3 is 5.97 Å². The van der Waals surface area contributed by atoms with Crippen LogP contribution in [0.5, 0.6) is 0 Å². The molecule has 0 radical (unpaired) electrons. The van der Waals surface area contributed by atoms with Gasteiger partial charge in [-0.1, -0.05) is 37.5 Å². The van der Waals surface area contributed by atoms with Gasteiger partial charge in [0.05, 0.1) is 16.2 Å². The van der Waals surface area contributed by atoms with Gasteiger partial charge in [-0.25, -0.2) is 4.79 Å². The molecule has 2 N–H and O–H groups in total. The third-order valence-corrected chi connectivity index (χ3v) is 5.04. The molecule has 1 fully saturated rings. The second-order valence-corrected chi connectivity index (χ2v) is 7.00. The maximum Gasteiger partial charge on any atom is 0.340 e. The molecule has 2 aromatic rings. The Morgan fingerprint density at radius 2 is 1.79 bits per heavy atom. The van der Waals surface area contributed by atoms with E-state index in [1.165, 1.54) is 12.1 Å². The largest absolute Gasteiger partial charge is 0.452 e. The topological polar surface area (TPSA) is 116 Å². The van der Waals surface area contributed by atoms with Crippen LogP contribution in [0.4, 0.5) is 17.1 Å². The van der Waals surface area contributed by atoms with Crippen LogP contribution in [0, 0.1) is 10.1 Å². The number of hydrogen-bond donors (Lipinski definition) is 1. The van der Waals surface area contributed by atoms with Gasteiger partial charge in [-0.15, -0.1) is 0 Å². The number of carbonyl (C=O) groups is 2. The number of para-hydroxylation sites is 1. The molecule has 152 valence electrons. The number of hydrogen-bond acceptors (Lipinski definition) is 6. The van der Waals surface area contributed by atoms with Gasteiger partial charge in [-0.05, 0) is 31.0 Å². The SMILES string of the molecule is Nc1cc([N+](=O)[O-])ccc1C(=O)OCC(=O)N(c1ccccc1)C1CCCCC1. The third-order valence-electron chi connectivity index (χ3n) is 5.04. The van der Waals surface area contributed by atoms with Gasteiger partial charge < -0.3 is 15.4 Å². The molecule has 29 heavy (non-hydrogen) atoms. The number of ether oxygens (including phenoxy) is 1. The number of nitro benzene ring substituents is 1. The fraction of sp³-hybridized carbons (Fsp3) is 0.333. The number of rotatable bonds is 6. The molecule has 1 aliphatic carbocycles. The minimum absolute atomic E-state index is 0.00710. The van der Waals surface area contributed by atoms with Crippen LogP contribution in [-0.4, -0.2) is 29.4 Å². The number of non-ortho nitro benzene ring substituents is 1. The summed E-state index contributed by atoms with van der Waals surface area (Å²) in [6.07, 6.45) is 5.08. The van der Waals surface area contributed by atoms with Gasteiger partial charge in [0.15, 0.2) is 6.61 Å². The zero-order chi connectivity index (χ0) is 20.8. The summed E-state index contributed by atoms with van der Waals surface area (Å²) in [7, 11) is 0. The van der Waals surface area contributed by atoms with Gasteiger partial charge in [0, 0.05) is 23.9 Å². The van der Waals surface area contributed by atoms with E-state index in [1.54, 1.807) is 4.90 Å². The fourth-order valence-electron chi connectivity index (χ4n) is 3.61. The average Bonchev–Trinajstić information content (AvgIpc) is 2.73. The lowest BCUT2D eigenvalue weighted by Gasteiger charge is -2.34. The predicted molar refractivity (Wildman–Crippen MR) is 109 cm³/mol. The number of esters is 1. The van der Waals surface area contributed by atoms with Crippen molar-refractivity contribution in [3.05, 3.63) is 64.2 Å². The second-order valence-electron chi connectivity index (χ2n) is 7.00. The number of nitrogens with two attached hydrogens (primary N) is 1. The summed E-state index contributed by atoms with van der Waals surface area (Å²) in [6, 6.07) is 12.9. The summed E-state index contributed by atoms with van der Waals surface area (Å²) in [5.41, 5.74) is 6.21. The number of anilines is 2. The van der Waals surface area contributed by atoms with Crippen molar-refractivity contribution in [3.63, 3.8) is 0 Å². The molecule has 0 saturated heterocycles. The molecule has 1 amide bonds. The van der Waals surface area contributed by atoms with E-state index in [-0.39, 0.29) is 28.9 Å². The van der Waals surface area contributed by atoms with Crippen molar-refractivity contribution < 1.29 is 19.2 Å². The highest BCUT2D eigenvalue weighted by molar-refractivity contribution is 5.99. The lowest BCUT2D eigenvalue weighted by Crippen LogP contribution is -2.43. The van der Waals surface area contributed by atoms with E-state index in [9.17, 15) is 19.7 Å². The molecule has 8 nitrogen and oxygen atoms in total. The Hall–Kier alpha value is -3.42. The van der Waals surface area contributed by atoms with Crippen LogP contribution in [-0.2, 0) is 9.53 Å². The minimum Gasteiger partial charge on any atom is -0.452 e. The Morgan fingerprint density at radius 3 is 2.41 bits per heavy atom. The Labute approximate surface area is 168 Å². The molecule has 0 spiro atoms. The molecule has 1 aliphatic rings. The first-order valence-corrected chi connectivity index (χ1v) is 9.55. The van der Waals surface area contributed by atoms with Crippen LogP contribution in [0.1, 0.15) is 42.5 Å². The van der Waals surface area contributed by atoms with E-state index in [0.29, 0.717) is 0 Å². The lowest BCUT2D eigenvalue weighted by atomic mass is 9.93. The van der Waals surface area contributed by atoms with Crippen molar-refractivity contribution in [3.8, 4) is 0 Å². The Morgan fingerprint density at radius 1 is 1.10 bits per heavy atom. The highest BCUT2D eigenvalue weighted by Crippen LogP contribution is 2.28. The zero-order valence-electron chi connectivity index (χ0n) is 16.0. The number of nitro groups is 1. The lowest BCUT2D eigenvalue weighted by molar-refractivity contribution is -0.384. The normalized spacial score (nSPS) is 14.2. The number of nitrogens with zero attached hydrogens (tertiary/aromatic N) is 2. The number of amides is 1. The molecule has 0 atom stereocenters. The van der Waals surface area contributed by atoms with Gasteiger partial charge in [0.25, 0.3) is 11.6 Å². The quantitative estimate of drug-likeness (QED) is 0.344. The van der Waals surface area contributed by atoms with E-state index in [4.69, 9.17) is 10.5 Å². The first-order chi connectivity index (χ1) is 14.0. The predicted octanol–water partition coefficient (Wildman–Crippen LogP) is 3.70. The van der Waals surface area contributed by atoms with E-state index >= 15 is 0 Å². The van der Waals surface area contributed by atoms with Gasteiger partial charge in [-0.3, -0.25) is 14.9 Å². The summed E-state index contributed by atoms with van der Waals surface area (Å²) < 4.78 is 5.18. The molecule has 1 saturated carbocycles. The molecule has 2 aromatic carbocycles. The second kappa shape index (κ2) is 9.18. The van der Waals surface area contributed by atoms with Gasteiger partial charge in [0.1, 0.15) is 0 Å². The van der Waals surface area contributed by atoms with Crippen molar-refractivity contribution in [2.24, 2.45) is 0 Å². The highest BCUT2D eigenvalue weighted by Gasteiger charge is 2.28. The van der Waals surface area contributed by atoms with Crippen LogP contribution in [0.2, 0.25) is 0 Å². The molecule has 0 unspecified atom stereocenters. The van der Waals surface area contributed by atoms with Gasteiger partial charge in [0.2, 0.25) is 0 Å².